The molecule has 1 amide bonds. The van der Waals surface area contributed by atoms with Crippen molar-refractivity contribution >= 4 is 52.1 Å². The molecule has 0 aliphatic carbocycles. The van der Waals surface area contributed by atoms with E-state index in [9.17, 15) is 9.18 Å². The lowest BCUT2D eigenvalue weighted by Crippen LogP contribution is -2.30. The van der Waals surface area contributed by atoms with Crippen molar-refractivity contribution in [1.29, 1.82) is 0 Å². The normalized spacial score (nSPS) is 10.3. The third-order valence-corrected chi connectivity index (χ3v) is 4.01. The van der Waals surface area contributed by atoms with Crippen LogP contribution in [0.25, 0.3) is 0 Å². The second-order valence-electron chi connectivity index (χ2n) is 5.32. The lowest BCUT2D eigenvalue weighted by molar-refractivity contribution is 0.0962. The van der Waals surface area contributed by atoms with Crippen molar-refractivity contribution in [1.82, 2.24) is 15.4 Å². The number of rotatable bonds is 5. The van der Waals surface area contributed by atoms with Gasteiger partial charge in [-0.3, -0.25) is 15.6 Å². The van der Waals surface area contributed by atoms with Crippen molar-refractivity contribution in [2.75, 3.05) is 16.5 Å². The Morgan fingerprint density at radius 1 is 1.04 bits per heavy atom. The molecule has 3 rings (SSSR count). The summed E-state index contributed by atoms with van der Waals surface area (Å²) in [7, 11) is 0. The molecule has 0 saturated heterocycles. The monoisotopic (exact) mass is 406 g/mol. The second kappa shape index (κ2) is 8.07. The first-order valence-electron chi connectivity index (χ1n) is 7.58. The minimum absolute atomic E-state index is 0.0406. The number of carbonyl (C=O) groups excluding carboxylic acids is 1. The maximum atomic E-state index is 13.3. The second-order valence-corrected chi connectivity index (χ2v) is 6.17. The van der Waals surface area contributed by atoms with Gasteiger partial charge in [-0.15, -0.1) is 0 Å². The zero-order valence-electron chi connectivity index (χ0n) is 13.6. The number of aromatic nitrogens is 2. The molecule has 0 saturated carbocycles. The highest BCUT2D eigenvalue weighted by molar-refractivity contribution is 6.31. The summed E-state index contributed by atoms with van der Waals surface area (Å²) in [6.07, 6.45) is 1.25. The molecule has 7 nitrogen and oxygen atoms in total. The number of carbonyl (C=O) groups is 1. The van der Waals surface area contributed by atoms with Gasteiger partial charge in [-0.1, -0.05) is 23.2 Å². The summed E-state index contributed by atoms with van der Waals surface area (Å²) in [5, 5.41) is 3.40. The fourth-order valence-electron chi connectivity index (χ4n) is 2.09. The van der Waals surface area contributed by atoms with Gasteiger partial charge in [-0.2, -0.15) is 0 Å². The standard InChI is InChI=1S/C17H13Cl2FN6O/c18-10-3-1-9(2-4-10)17(27)26-25-16-14(21)15(22-8-23-16)24-11-5-6-13(20)12(19)7-11/h1-8H,21H2,(H,26,27)(H2,22,23,24,25). The Labute approximate surface area is 163 Å². The Kier molecular flexibility index (Phi) is 5.58. The zero-order chi connectivity index (χ0) is 19.4. The number of anilines is 4. The van der Waals surface area contributed by atoms with Crippen LogP contribution in [0, 0.1) is 5.82 Å². The molecule has 0 atom stereocenters. The van der Waals surface area contributed by atoms with E-state index < -0.39 is 11.7 Å². The van der Waals surface area contributed by atoms with E-state index in [2.05, 4.69) is 26.1 Å². The van der Waals surface area contributed by atoms with Crippen LogP contribution in [0.1, 0.15) is 10.4 Å². The van der Waals surface area contributed by atoms with Crippen molar-refractivity contribution in [3.8, 4) is 0 Å². The molecule has 0 radical (unpaired) electrons. The van der Waals surface area contributed by atoms with Gasteiger partial charge >= 0.3 is 0 Å². The van der Waals surface area contributed by atoms with Crippen LogP contribution in [0.4, 0.5) is 27.4 Å². The molecule has 0 fully saturated rings. The summed E-state index contributed by atoms with van der Waals surface area (Å²) in [6, 6.07) is 10.5. The lowest BCUT2D eigenvalue weighted by atomic mass is 10.2. The molecule has 0 spiro atoms. The van der Waals surface area contributed by atoms with Crippen LogP contribution in [-0.2, 0) is 0 Å². The average molecular weight is 407 g/mol. The topological polar surface area (TPSA) is 105 Å². The predicted octanol–water partition coefficient (Wildman–Crippen LogP) is 4.01. The largest absolute Gasteiger partial charge is 0.393 e. The van der Waals surface area contributed by atoms with Crippen LogP contribution in [-0.4, -0.2) is 15.9 Å². The van der Waals surface area contributed by atoms with Gasteiger partial charge in [0.15, 0.2) is 11.6 Å². The number of hydrogen-bond acceptors (Lipinski definition) is 6. The molecule has 1 heterocycles. The first-order valence-corrected chi connectivity index (χ1v) is 8.34. The maximum Gasteiger partial charge on any atom is 0.269 e. The number of nitrogens with zero attached hydrogens (tertiary/aromatic N) is 2. The number of hydrazine groups is 1. The van der Waals surface area contributed by atoms with Gasteiger partial charge in [-0.25, -0.2) is 14.4 Å². The molecule has 5 N–H and O–H groups in total. The summed E-state index contributed by atoms with van der Waals surface area (Å²) < 4.78 is 13.3. The number of hydrogen-bond donors (Lipinski definition) is 4. The van der Waals surface area contributed by atoms with E-state index in [1.807, 2.05) is 0 Å². The highest BCUT2D eigenvalue weighted by atomic mass is 35.5. The highest BCUT2D eigenvalue weighted by Crippen LogP contribution is 2.27. The maximum absolute atomic E-state index is 13.3. The smallest absolute Gasteiger partial charge is 0.269 e. The molecule has 138 valence electrons. The van der Waals surface area contributed by atoms with Crippen molar-refractivity contribution < 1.29 is 9.18 Å². The van der Waals surface area contributed by atoms with Crippen LogP contribution in [0.3, 0.4) is 0 Å². The van der Waals surface area contributed by atoms with Gasteiger partial charge < -0.3 is 11.1 Å². The number of benzene rings is 2. The number of halogens is 3. The van der Waals surface area contributed by atoms with E-state index in [0.717, 1.165) is 0 Å². The van der Waals surface area contributed by atoms with E-state index in [4.69, 9.17) is 28.9 Å². The van der Waals surface area contributed by atoms with Crippen LogP contribution >= 0.6 is 23.2 Å². The Hall–Kier alpha value is -3.10. The summed E-state index contributed by atoms with van der Waals surface area (Å²) >= 11 is 11.6. The molecule has 27 heavy (non-hydrogen) atoms. The summed E-state index contributed by atoms with van der Waals surface area (Å²) in [6.45, 7) is 0. The third kappa shape index (κ3) is 4.55. The predicted molar refractivity (Wildman–Crippen MR) is 104 cm³/mol. The summed E-state index contributed by atoms with van der Waals surface area (Å²) in [4.78, 5) is 20.1. The molecule has 0 bridgehead atoms. The summed E-state index contributed by atoms with van der Waals surface area (Å²) in [5.74, 6) is -0.492. The van der Waals surface area contributed by atoms with Crippen LogP contribution in [0.2, 0.25) is 10.0 Å². The molecule has 0 aliphatic rings. The van der Waals surface area contributed by atoms with Gasteiger partial charge in [0.1, 0.15) is 17.8 Å². The quantitative estimate of drug-likeness (QED) is 0.477. The molecule has 10 heteroatoms. The van der Waals surface area contributed by atoms with Gasteiger partial charge in [0.2, 0.25) is 0 Å². The Balaban J connectivity index is 1.71. The molecule has 0 aliphatic heterocycles. The SMILES string of the molecule is Nc1c(NNC(=O)c2ccc(Cl)cc2)ncnc1Nc1ccc(F)c(Cl)c1. The Morgan fingerprint density at radius 2 is 1.74 bits per heavy atom. The minimum atomic E-state index is -0.537. The Morgan fingerprint density at radius 3 is 2.44 bits per heavy atom. The molecule has 2 aromatic carbocycles. The van der Waals surface area contributed by atoms with Crippen molar-refractivity contribution in [3.05, 3.63) is 70.2 Å². The van der Waals surface area contributed by atoms with Crippen molar-refractivity contribution in [2.45, 2.75) is 0 Å². The minimum Gasteiger partial charge on any atom is -0.393 e. The van der Waals surface area contributed by atoms with E-state index in [1.165, 1.54) is 24.5 Å². The fourth-order valence-corrected chi connectivity index (χ4v) is 2.40. The average Bonchev–Trinajstić information content (AvgIpc) is 2.66. The van der Waals surface area contributed by atoms with E-state index in [0.29, 0.717) is 16.3 Å². The summed E-state index contributed by atoms with van der Waals surface area (Å²) in [5.41, 5.74) is 12.2. The Bertz CT molecular complexity index is 984. The van der Waals surface area contributed by atoms with Crippen LogP contribution in [0.15, 0.2) is 48.8 Å². The zero-order valence-corrected chi connectivity index (χ0v) is 15.1. The van der Waals surface area contributed by atoms with Crippen LogP contribution in [0.5, 0.6) is 0 Å². The van der Waals surface area contributed by atoms with Crippen molar-refractivity contribution in [2.24, 2.45) is 0 Å². The van der Waals surface area contributed by atoms with Gasteiger partial charge in [0, 0.05) is 16.3 Å². The van der Waals surface area contributed by atoms with Gasteiger partial charge in [0.05, 0.1) is 5.02 Å². The first-order chi connectivity index (χ1) is 12.9. The van der Waals surface area contributed by atoms with Gasteiger partial charge in [0.25, 0.3) is 5.91 Å². The number of nitrogens with two attached hydrogens (primary N) is 1. The fraction of sp³-hybridized carbons (Fsp3) is 0. The molecular formula is C17H13Cl2FN6O. The molecule has 1 aromatic heterocycles. The number of amides is 1. The van der Waals surface area contributed by atoms with E-state index >= 15 is 0 Å². The number of nitrogens with one attached hydrogen (secondary N) is 3. The van der Waals surface area contributed by atoms with Gasteiger partial charge in [-0.05, 0) is 42.5 Å². The first kappa shape index (κ1) is 18.7. The molecule has 0 unspecified atom stereocenters. The van der Waals surface area contributed by atoms with Crippen LogP contribution < -0.4 is 21.9 Å². The highest BCUT2D eigenvalue weighted by Gasteiger charge is 2.11. The van der Waals surface area contributed by atoms with E-state index in [-0.39, 0.29) is 22.3 Å². The van der Waals surface area contributed by atoms with E-state index in [1.54, 1.807) is 24.3 Å². The number of nitrogen functional groups attached to an aromatic ring is 1. The lowest BCUT2D eigenvalue weighted by Gasteiger charge is -2.13. The van der Waals surface area contributed by atoms with Crippen molar-refractivity contribution in [3.63, 3.8) is 0 Å². The third-order valence-electron chi connectivity index (χ3n) is 3.47. The molecule has 3 aromatic rings. The molecular weight excluding hydrogens is 394 g/mol.